The molecule has 4 heteroatoms. The lowest BCUT2D eigenvalue weighted by Crippen LogP contribution is -2.04. The molecule has 0 fully saturated rings. The van der Waals surface area contributed by atoms with Gasteiger partial charge in [0.2, 0.25) is 0 Å². The van der Waals surface area contributed by atoms with E-state index < -0.39 is 0 Å². The van der Waals surface area contributed by atoms with Gasteiger partial charge in [-0.05, 0) is 47.8 Å². The average Bonchev–Trinajstić information content (AvgIpc) is 2.37. The molecule has 0 bridgehead atoms. The lowest BCUT2D eigenvalue weighted by molar-refractivity contribution is 0.810. The van der Waals surface area contributed by atoms with Gasteiger partial charge in [0, 0.05) is 12.6 Å². The maximum atomic E-state index is 4.73. The first-order valence-electron chi connectivity index (χ1n) is 6.76. The summed E-state index contributed by atoms with van der Waals surface area (Å²) >= 11 is 3.59. The van der Waals surface area contributed by atoms with E-state index in [1.165, 1.54) is 11.1 Å². The molecule has 0 saturated heterocycles. The lowest BCUT2D eigenvalue weighted by Gasteiger charge is -2.14. The molecule has 0 spiro atoms. The van der Waals surface area contributed by atoms with E-state index in [-0.39, 0.29) is 0 Å². The molecule has 3 nitrogen and oxygen atoms in total. The minimum absolute atomic E-state index is 0.337. The molecule has 1 aromatic carbocycles. The Morgan fingerprint density at radius 3 is 2.15 bits per heavy atom. The highest BCUT2D eigenvalue weighted by atomic mass is 79.9. The molecular weight excluding hydrogens is 314 g/mol. The maximum Gasteiger partial charge on any atom is 0.161 e. The molecule has 1 N–H and O–H groups in total. The first kappa shape index (κ1) is 15.0. The summed E-state index contributed by atoms with van der Waals surface area (Å²) in [5, 5.41) is 3.13. The summed E-state index contributed by atoms with van der Waals surface area (Å²) < 4.78 is 0.947. The number of aromatic nitrogens is 2. The number of aryl methyl sites for hydroxylation is 2. The van der Waals surface area contributed by atoms with Gasteiger partial charge in [0.1, 0.15) is 5.82 Å². The van der Waals surface area contributed by atoms with E-state index in [0.29, 0.717) is 5.92 Å². The Labute approximate surface area is 129 Å². The fourth-order valence-electron chi connectivity index (χ4n) is 2.25. The van der Waals surface area contributed by atoms with Crippen LogP contribution >= 0.6 is 15.9 Å². The molecule has 0 radical (unpaired) electrons. The van der Waals surface area contributed by atoms with Crippen LogP contribution in [0.1, 0.15) is 36.6 Å². The topological polar surface area (TPSA) is 37.8 Å². The highest BCUT2D eigenvalue weighted by Crippen LogP contribution is 2.31. The van der Waals surface area contributed by atoms with Gasteiger partial charge in [0.05, 0.1) is 10.2 Å². The van der Waals surface area contributed by atoms with Crippen LogP contribution in [0.25, 0.3) is 11.4 Å². The SMILES string of the molecule is CNc1nc(-c2cc(C)cc(C)c2)nc(C(C)C)c1Br. The van der Waals surface area contributed by atoms with Crippen LogP contribution in [-0.2, 0) is 0 Å². The van der Waals surface area contributed by atoms with Crippen molar-refractivity contribution in [3.63, 3.8) is 0 Å². The van der Waals surface area contributed by atoms with E-state index in [2.05, 4.69) is 72.1 Å². The lowest BCUT2D eigenvalue weighted by atomic mass is 10.1. The van der Waals surface area contributed by atoms with Crippen LogP contribution < -0.4 is 5.32 Å². The first-order valence-corrected chi connectivity index (χ1v) is 7.55. The van der Waals surface area contributed by atoms with Crippen molar-refractivity contribution in [2.24, 2.45) is 0 Å². The van der Waals surface area contributed by atoms with Crippen molar-refractivity contribution in [2.75, 3.05) is 12.4 Å². The predicted molar refractivity (Wildman–Crippen MR) is 88.3 cm³/mol. The summed E-state index contributed by atoms with van der Waals surface area (Å²) in [7, 11) is 1.88. The van der Waals surface area contributed by atoms with Crippen molar-refractivity contribution in [1.82, 2.24) is 9.97 Å². The zero-order valence-corrected chi connectivity index (χ0v) is 14.2. The third-order valence-electron chi connectivity index (χ3n) is 3.14. The van der Waals surface area contributed by atoms with E-state index >= 15 is 0 Å². The van der Waals surface area contributed by atoms with Gasteiger partial charge in [0.25, 0.3) is 0 Å². The largest absolute Gasteiger partial charge is 0.372 e. The van der Waals surface area contributed by atoms with Crippen molar-refractivity contribution in [2.45, 2.75) is 33.6 Å². The van der Waals surface area contributed by atoms with Crippen LogP contribution in [0, 0.1) is 13.8 Å². The number of halogens is 1. The highest BCUT2D eigenvalue weighted by Gasteiger charge is 2.15. The summed E-state index contributed by atoms with van der Waals surface area (Å²) in [5.74, 6) is 1.94. The Kier molecular flexibility index (Phi) is 4.43. The Morgan fingerprint density at radius 2 is 1.65 bits per heavy atom. The normalized spacial score (nSPS) is 10.9. The molecule has 0 aliphatic rings. The molecule has 106 valence electrons. The quantitative estimate of drug-likeness (QED) is 0.885. The molecule has 0 unspecified atom stereocenters. The Morgan fingerprint density at radius 1 is 1.05 bits per heavy atom. The van der Waals surface area contributed by atoms with Crippen molar-refractivity contribution in [3.05, 3.63) is 39.5 Å². The van der Waals surface area contributed by atoms with E-state index in [1.807, 2.05) is 7.05 Å². The van der Waals surface area contributed by atoms with Gasteiger partial charge < -0.3 is 5.32 Å². The summed E-state index contributed by atoms with van der Waals surface area (Å²) in [4.78, 5) is 9.35. The smallest absolute Gasteiger partial charge is 0.161 e. The Bertz CT molecular complexity index is 616. The molecule has 1 heterocycles. The highest BCUT2D eigenvalue weighted by molar-refractivity contribution is 9.10. The molecule has 20 heavy (non-hydrogen) atoms. The first-order chi connectivity index (χ1) is 9.42. The second kappa shape index (κ2) is 5.92. The number of anilines is 1. The van der Waals surface area contributed by atoms with E-state index in [9.17, 15) is 0 Å². The third-order valence-corrected chi connectivity index (χ3v) is 3.92. The zero-order valence-electron chi connectivity index (χ0n) is 12.6. The number of benzene rings is 1. The fraction of sp³-hybridized carbons (Fsp3) is 0.375. The number of hydrogen-bond acceptors (Lipinski definition) is 3. The molecule has 2 aromatic rings. The van der Waals surface area contributed by atoms with Crippen LogP contribution in [-0.4, -0.2) is 17.0 Å². The van der Waals surface area contributed by atoms with Crippen LogP contribution in [0.3, 0.4) is 0 Å². The van der Waals surface area contributed by atoms with Gasteiger partial charge in [-0.3, -0.25) is 0 Å². The van der Waals surface area contributed by atoms with Crippen molar-refractivity contribution in [1.29, 1.82) is 0 Å². The van der Waals surface area contributed by atoms with Gasteiger partial charge in [-0.25, -0.2) is 9.97 Å². The van der Waals surface area contributed by atoms with E-state index in [1.54, 1.807) is 0 Å². The van der Waals surface area contributed by atoms with E-state index in [4.69, 9.17) is 4.98 Å². The Hall–Kier alpha value is -1.42. The standard InChI is InChI=1S/C16H20BrN3/c1-9(2)14-13(17)16(18-5)20-15(19-14)12-7-10(3)6-11(4)8-12/h6-9H,1-5H3,(H,18,19,20). The average molecular weight is 334 g/mol. The minimum atomic E-state index is 0.337. The molecule has 1 aromatic heterocycles. The summed E-state index contributed by atoms with van der Waals surface area (Å²) in [5.41, 5.74) is 4.54. The molecule has 0 aliphatic carbocycles. The van der Waals surface area contributed by atoms with Gasteiger partial charge in [-0.1, -0.05) is 31.0 Å². The summed E-state index contributed by atoms with van der Waals surface area (Å²) in [6.07, 6.45) is 0. The number of hydrogen-bond donors (Lipinski definition) is 1. The predicted octanol–water partition coefficient (Wildman–Crippen LogP) is 4.69. The molecule has 0 aliphatic heterocycles. The number of nitrogens with zero attached hydrogens (tertiary/aromatic N) is 2. The summed E-state index contributed by atoms with van der Waals surface area (Å²) in [6.45, 7) is 8.46. The fourth-order valence-corrected chi connectivity index (χ4v) is 3.08. The van der Waals surface area contributed by atoms with Crippen LogP contribution in [0.15, 0.2) is 22.7 Å². The number of nitrogens with one attached hydrogen (secondary N) is 1. The molecule has 0 amide bonds. The van der Waals surface area contributed by atoms with Gasteiger partial charge in [-0.15, -0.1) is 0 Å². The van der Waals surface area contributed by atoms with Gasteiger partial charge in [-0.2, -0.15) is 0 Å². The molecule has 0 saturated carbocycles. The van der Waals surface area contributed by atoms with Crippen LogP contribution in [0.2, 0.25) is 0 Å². The Balaban J connectivity index is 2.64. The third kappa shape index (κ3) is 3.01. The monoisotopic (exact) mass is 333 g/mol. The van der Waals surface area contributed by atoms with Crippen molar-refractivity contribution < 1.29 is 0 Å². The zero-order chi connectivity index (χ0) is 14.9. The van der Waals surface area contributed by atoms with Crippen LogP contribution in [0.5, 0.6) is 0 Å². The minimum Gasteiger partial charge on any atom is -0.372 e. The number of rotatable bonds is 3. The second-order valence-electron chi connectivity index (χ2n) is 5.38. The van der Waals surface area contributed by atoms with E-state index in [0.717, 1.165) is 27.4 Å². The molecule has 0 atom stereocenters. The van der Waals surface area contributed by atoms with Gasteiger partial charge >= 0.3 is 0 Å². The van der Waals surface area contributed by atoms with Crippen molar-refractivity contribution in [3.8, 4) is 11.4 Å². The summed E-state index contributed by atoms with van der Waals surface area (Å²) in [6, 6.07) is 6.41. The molecular formula is C16H20BrN3. The van der Waals surface area contributed by atoms with Crippen LogP contribution in [0.4, 0.5) is 5.82 Å². The van der Waals surface area contributed by atoms with Gasteiger partial charge in [0.15, 0.2) is 5.82 Å². The maximum absolute atomic E-state index is 4.73. The molecule has 2 rings (SSSR count). The second-order valence-corrected chi connectivity index (χ2v) is 6.17. The van der Waals surface area contributed by atoms with Crippen molar-refractivity contribution >= 4 is 21.7 Å².